The molecule has 0 saturated carbocycles. The number of para-hydroxylation sites is 1. The van der Waals surface area contributed by atoms with Gasteiger partial charge in [0.25, 0.3) is 5.91 Å². The topological polar surface area (TPSA) is 44.1 Å². The molecule has 1 aromatic heterocycles. The van der Waals surface area contributed by atoms with E-state index in [9.17, 15) is 4.79 Å². The van der Waals surface area contributed by atoms with Crippen LogP contribution < -0.4 is 4.74 Å². The summed E-state index contributed by atoms with van der Waals surface area (Å²) >= 11 is 5.86. The maximum absolute atomic E-state index is 12.6. The maximum Gasteiger partial charge on any atom is 0.278 e. The second kappa shape index (κ2) is 6.26. The third kappa shape index (κ3) is 3.12. The van der Waals surface area contributed by atoms with Crippen LogP contribution in [0.2, 0.25) is 5.02 Å². The number of carbonyl (C=O) groups is 1. The number of rotatable bonds is 3. The Bertz CT molecular complexity index is 839. The quantitative estimate of drug-likeness (QED) is 0.704. The molecule has 0 N–H and O–H groups in total. The Hall–Kier alpha value is -2.59. The molecular formula is C18H15ClN2O2. The molecule has 0 atom stereocenters. The van der Waals surface area contributed by atoms with Crippen molar-refractivity contribution in [3.05, 3.63) is 76.6 Å². The lowest BCUT2D eigenvalue weighted by atomic mass is 10.2. The van der Waals surface area contributed by atoms with E-state index in [1.807, 2.05) is 44.2 Å². The van der Waals surface area contributed by atoms with Crippen LogP contribution in [0, 0.1) is 13.8 Å². The van der Waals surface area contributed by atoms with Crippen molar-refractivity contribution < 1.29 is 9.53 Å². The Morgan fingerprint density at radius 1 is 1.04 bits per heavy atom. The Labute approximate surface area is 139 Å². The number of carbonyl (C=O) groups excluding carboxylic acids is 1. The van der Waals surface area contributed by atoms with Crippen molar-refractivity contribution in [2.45, 2.75) is 13.8 Å². The van der Waals surface area contributed by atoms with Crippen molar-refractivity contribution >= 4 is 17.5 Å². The first-order chi connectivity index (χ1) is 11.1. The first-order valence-electron chi connectivity index (χ1n) is 7.15. The summed E-state index contributed by atoms with van der Waals surface area (Å²) in [5.41, 5.74) is 1.84. The molecule has 0 saturated heterocycles. The zero-order valence-electron chi connectivity index (χ0n) is 12.8. The normalized spacial score (nSPS) is 10.6. The molecule has 2 aromatic carbocycles. The lowest BCUT2D eigenvalue weighted by molar-refractivity contribution is 0.0942. The van der Waals surface area contributed by atoms with Gasteiger partial charge in [-0.2, -0.15) is 9.78 Å². The molecule has 0 radical (unpaired) electrons. The Morgan fingerprint density at radius 2 is 1.70 bits per heavy atom. The first-order valence-corrected chi connectivity index (χ1v) is 7.53. The first kappa shape index (κ1) is 15.3. The van der Waals surface area contributed by atoms with Crippen molar-refractivity contribution in [2.24, 2.45) is 0 Å². The molecule has 116 valence electrons. The lowest BCUT2D eigenvalue weighted by Crippen LogP contribution is -2.15. The molecular weight excluding hydrogens is 312 g/mol. The number of aromatic nitrogens is 2. The second-order valence-electron chi connectivity index (χ2n) is 5.14. The summed E-state index contributed by atoms with van der Waals surface area (Å²) in [5.74, 6) is 1.08. The standard InChI is InChI=1S/C18H15ClN2O2/c1-12-17(23-16-6-4-3-5-7-16)13(2)21(20-12)18(22)14-8-10-15(19)11-9-14/h3-11H,1-2H3. The van der Waals surface area contributed by atoms with Gasteiger partial charge in [0.15, 0.2) is 5.75 Å². The summed E-state index contributed by atoms with van der Waals surface area (Å²) in [6.07, 6.45) is 0. The molecule has 23 heavy (non-hydrogen) atoms. The number of halogens is 1. The van der Waals surface area contributed by atoms with E-state index in [0.717, 1.165) is 0 Å². The molecule has 3 rings (SSSR count). The van der Waals surface area contributed by atoms with E-state index < -0.39 is 0 Å². The predicted molar refractivity (Wildman–Crippen MR) is 89.4 cm³/mol. The molecule has 1 heterocycles. The van der Waals surface area contributed by atoms with E-state index in [0.29, 0.717) is 33.5 Å². The van der Waals surface area contributed by atoms with Gasteiger partial charge in [0.2, 0.25) is 0 Å². The molecule has 3 aromatic rings. The Morgan fingerprint density at radius 3 is 2.35 bits per heavy atom. The smallest absolute Gasteiger partial charge is 0.278 e. The van der Waals surface area contributed by atoms with Gasteiger partial charge < -0.3 is 4.74 Å². The fourth-order valence-electron chi connectivity index (χ4n) is 2.29. The van der Waals surface area contributed by atoms with Gasteiger partial charge >= 0.3 is 0 Å². The highest BCUT2D eigenvalue weighted by Gasteiger charge is 2.19. The molecule has 0 unspecified atom stereocenters. The third-order valence-corrected chi connectivity index (χ3v) is 3.72. The van der Waals surface area contributed by atoms with Gasteiger partial charge in [-0.15, -0.1) is 0 Å². The molecule has 0 aliphatic rings. The zero-order chi connectivity index (χ0) is 16.4. The molecule has 0 spiro atoms. The zero-order valence-corrected chi connectivity index (χ0v) is 13.5. The summed E-state index contributed by atoms with van der Waals surface area (Å²) in [6, 6.07) is 16.1. The number of hydrogen-bond donors (Lipinski definition) is 0. The Kier molecular flexibility index (Phi) is 4.17. The molecule has 4 nitrogen and oxygen atoms in total. The van der Waals surface area contributed by atoms with E-state index in [1.165, 1.54) is 4.68 Å². The van der Waals surface area contributed by atoms with Crippen LogP contribution in [0.3, 0.4) is 0 Å². The van der Waals surface area contributed by atoms with Gasteiger partial charge in [-0.05, 0) is 50.2 Å². The van der Waals surface area contributed by atoms with Crippen LogP contribution >= 0.6 is 11.6 Å². The van der Waals surface area contributed by atoms with Gasteiger partial charge in [-0.25, -0.2) is 0 Å². The van der Waals surface area contributed by atoms with E-state index in [4.69, 9.17) is 16.3 Å². The molecule has 0 aliphatic carbocycles. The summed E-state index contributed by atoms with van der Waals surface area (Å²) in [4.78, 5) is 12.6. The van der Waals surface area contributed by atoms with E-state index in [-0.39, 0.29) is 5.91 Å². The number of hydrogen-bond acceptors (Lipinski definition) is 3. The minimum absolute atomic E-state index is 0.217. The maximum atomic E-state index is 12.6. The van der Waals surface area contributed by atoms with E-state index in [2.05, 4.69) is 5.10 Å². The summed E-state index contributed by atoms with van der Waals surface area (Å²) in [6.45, 7) is 3.63. The van der Waals surface area contributed by atoms with Crippen LogP contribution in [0.5, 0.6) is 11.5 Å². The van der Waals surface area contributed by atoms with Crippen molar-refractivity contribution in [1.82, 2.24) is 9.78 Å². The highest BCUT2D eigenvalue weighted by Crippen LogP contribution is 2.28. The molecule has 0 aliphatic heterocycles. The lowest BCUT2D eigenvalue weighted by Gasteiger charge is -2.06. The number of benzene rings is 2. The van der Waals surface area contributed by atoms with E-state index in [1.54, 1.807) is 24.3 Å². The van der Waals surface area contributed by atoms with Crippen LogP contribution in [-0.2, 0) is 0 Å². The second-order valence-corrected chi connectivity index (χ2v) is 5.58. The van der Waals surface area contributed by atoms with Crippen LogP contribution in [0.1, 0.15) is 21.7 Å². The van der Waals surface area contributed by atoms with Crippen LogP contribution in [-0.4, -0.2) is 15.7 Å². The number of aryl methyl sites for hydroxylation is 1. The molecule has 5 heteroatoms. The summed E-state index contributed by atoms with van der Waals surface area (Å²) in [7, 11) is 0. The van der Waals surface area contributed by atoms with Crippen molar-refractivity contribution in [1.29, 1.82) is 0 Å². The average Bonchev–Trinajstić information content (AvgIpc) is 2.84. The van der Waals surface area contributed by atoms with Gasteiger partial charge in [-0.3, -0.25) is 4.79 Å². The predicted octanol–water partition coefficient (Wildman–Crippen LogP) is 4.63. The van der Waals surface area contributed by atoms with Gasteiger partial charge in [-0.1, -0.05) is 29.8 Å². The Balaban J connectivity index is 1.94. The van der Waals surface area contributed by atoms with Crippen molar-refractivity contribution in [3.8, 4) is 11.5 Å². The fraction of sp³-hybridized carbons (Fsp3) is 0.111. The molecule has 0 fully saturated rings. The highest BCUT2D eigenvalue weighted by atomic mass is 35.5. The minimum atomic E-state index is -0.217. The van der Waals surface area contributed by atoms with Crippen LogP contribution in [0.15, 0.2) is 54.6 Å². The number of ether oxygens (including phenoxy) is 1. The monoisotopic (exact) mass is 326 g/mol. The van der Waals surface area contributed by atoms with Gasteiger partial charge in [0, 0.05) is 10.6 Å². The van der Waals surface area contributed by atoms with Crippen molar-refractivity contribution in [2.75, 3.05) is 0 Å². The molecule has 0 amide bonds. The van der Waals surface area contributed by atoms with Gasteiger partial charge in [0.1, 0.15) is 11.4 Å². The van der Waals surface area contributed by atoms with Crippen molar-refractivity contribution in [3.63, 3.8) is 0 Å². The number of nitrogens with zero attached hydrogens (tertiary/aromatic N) is 2. The highest BCUT2D eigenvalue weighted by molar-refractivity contribution is 6.30. The minimum Gasteiger partial charge on any atom is -0.453 e. The summed E-state index contributed by atoms with van der Waals surface area (Å²) in [5, 5.41) is 4.90. The van der Waals surface area contributed by atoms with E-state index >= 15 is 0 Å². The SMILES string of the molecule is Cc1nn(C(=O)c2ccc(Cl)cc2)c(C)c1Oc1ccccc1. The largest absolute Gasteiger partial charge is 0.453 e. The average molecular weight is 327 g/mol. The van der Waals surface area contributed by atoms with Crippen LogP contribution in [0.4, 0.5) is 0 Å². The van der Waals surface area contributed by atoms with Crippen LogP contribution in [0.25, 0.3) is 0 Å². The third-order valence-electron chi connectivity index (χ3n) is 3.47. The fourth-order valence-corrected chi connectivity index (χ4v) is 2.42. The summed E-state index contributed by atoms with van der Waals surface area (Å²) < 4.78 is 7.23. The van der Waals surface area contributed by atoms with Gasteiger partial charge in [0.05, 0.1) is 5.69 Å². The molecule has 0 bridgehead atoms.